The zero-order valence-electron chi connectivity index (χ0n) is 16.6. The maximum atomic E-state index is 13.2. The molecule has 3 aromatic rings. The van der Waals surface area contributed by atoms with Gasteiger partial charge < -0.3 is 9.80 Å². The second-order valence-electron chi connectivity index (χ2n) is 7.84. The molecule has 152 valence electrons. The van der Waals surface area contributed by atoms with Gasteiger partial charge in [-0.25, -0.2) is 0 Å². The Morgan fingerprint density at radius 2 is 1.90 bits per heavy atom. The summed E-state index contributed by atoms with van der Waals surface area (Å²) in [4.78, 5) is 34.2. The van der Waals surface area contributed by atoms with Crippen LogP contribution < -0.4 is 4.90 Å². The van der Waals surface area contributed by atoms with Gasteiger partial charge in [-0.15, -0.1) is 0 Å². The summed E-state index contributed by atoms with van der Waals surface area (Å²) in [6.07, 6.45) is 4.22. The predicted molar refractivity (Wildman–Crippen MR) is 113 cm³/mol. The van der Waals surface area contributed by atoms with Crippen molar-refractivity contribution in [2.75, 3.05) is 24.5 Å². The molecule has 0 radical (unpaired) electrons. The second kappa shape index (κ2) is 7.74. The van der Waals surface area contributed by atoms with E-state index >= 15 is 0 Å². The molecule has 0 aliphatic carbocycles. The number of rotatable bonds is 3. The normalized spacial score (nSPS) is 18.3. The highest BCUT2D eigenvalue weighted by Crippen LogP contribution is 2.31. The van der Waals surface area contributed by atoms with Gasteiger partial charge in [-0.3, -0.25) is 19.7 Å². The lowest BCUT2D eigenvalue weighted by Crippen LogP contribution is -2.46. The number of nitrogens with zero attached hydrogens (tertiary/aromatic N) is 4. The molecule has 2 aromatic heterocycles. The summed E-state index contributed by atoms with van der Waals surface area (Å²) in [5.74, 6) is -0.174. The van der Waals surface area contributed by atoms with Crippen LogP contribution in [0.1, 0.15) is 28.9 Å². The molecule has 0 spiro atoms. The number of pyridine rings is 1. The Bertz CT molecular complexity index is 1080. The fourth-order valence-electron chi connectivity index (χ4n) is 4.40. The molecule has 2 amide bonds. The number of likely N-dealkylation sites (tertiary alicyclic amines) is 1. The van der Waals surface area contributed by atoms with Crippen LogP contribution in [0.2, 0.25) is 0 Å². The van der Waals surface area contributed by atoms with Crippen LogP contribution in [0.4, 0.5) is 5.69 Å². The monoisotopic (exact) mass is 401 g/mol. The van der Waals surface area contributed by atoms with Crippen LogP contribution in [0.15, 0.2) is 54.7 Å². The van der Waals surface area contributed by atoms with Gasteiger partial charge in [0.15, 0.2) is 0 Å². The number of amides is 2. The summed E-state index contributed by atoms with van der Waals surface area (Å²) < 4.78 is 0. The van der Waals surface area contributed by atoms with Crippen LogP contribution >= 0.6 is 0 Å². The number of aromatic nitrogens is 3. The molecule has 0 saturated carbocycles. The highest BCUT2D eigenvalue weighted by Gasteiger charge is 2.34. The molecular weight excluding hydrogens is 378 g/mol. The molecule has 5 rings (SSSR count). The van der Waals surface area contributed by atoms with Gasteiger partial charge in [-0.1, -0.05) is 24.3 Å². The Balaban J connectivity index is 1.29. The zero-order valence-corrected chi connectivity index (χ0v) is 16.6. The Kier molecular flexibility index (Phi) is 4.78. The molecule has 7 heteroatoms. The van der Waals surface area contributed by atoms with Crippen LogP contribution in [0.5, 0.6) is 0 Å². The highest BCUT2D eigenvalue weighted by molar-refractivity contribution is 5.98. The first-order chi connectivity index (χ1) is 14.7. The van der Waals surface area contributed by atoms with Gasteiger partial charge in [0.1, 0.15) is 11.4 Å². The summed E-state index contributed by atoms with van der Waals surface area (Å²) >= 11 is 0. The third-order valence-corrected chi connectivity index (χ3v) is 5.95. The summed E-state index contributed by atoms with van der Waals surface area (Å²) in [6, 6.07) is 15.4. The number of piperidine rings is 1. The van der Waals surface area contributed by atoms with Gasteiger partial charge in [-0.05, 0) is 49.1 Å². The number of hydrogen-bond acceptors (Lipinski definition) is 4. The van der Waals surface area contributed by atoms with Crippen molar-refractivity contribution in [1.82, 2.24) is 20.1 Å². The standard InChI is InChI=1S/C23H23N5O2/c29-22(28-13-10-16-6-1-2-9-21(16)28)17-7-5-12-27(15-17)23(30)20-14-19(25-26-20)18-8-3-4-11-24-18/h1-4,6,8-9,11,14,17H,5,7,10,12-13,15H2,(H,25,26)/t17-/m1/s1. The maximum absolute atomic E-state index is 13.2. The fourth-order valence-corrected chi connectivity index (χ4v) is 4.40. The molecule has 30 heavy (non-hydrogen) atoms. The minimum absolute atomic E-state index is 0.121. The minimum atomic E-state index is -0.174. The average molecular weight is 401 g/mol. The van der Waals surface area contributed by atoms with Crippen LogP contribution in [0, 0.1) is 5.92 Å². The van der Waals surface area contributed by atoms with Crippen molar-refractivity contribution in [1.29, 1.82) is 0 Å². The van der Waals surface area contributed by atoms with Gasteiger partial charge in [-0.2, -0.15) is 5.10 Å². The molecule has 2 aliphatic rings. The van der Waals surface area contributed by atoms with Crippen molar-refractivity contribution < 1.29 is 9.59 Å². The molecule has 1 atom stereocenters. The zero-order chi connectivity index (χ0) is 20.5. The van der Waals surface area contributed by atoms with E-state index in [1.807, 2.05) is 41.3 Å². The summed E-state index contributed by atoms with van der Waals surface area (Å²) in [5, 5.41) is 7.07. The summed E-state index contributed by atoms with van der Waals surface area (Å²) in [7, 11) is 0. The average Bonchev–Trinajstić information content (AvgIpc) is 3.46. The van der Waals surface area contributed by atoms with Gasteiger partial charge in [0.25, 0.3) is 5.91 Å². The van der Waals surface area contributed by atoms with E-state index in [1.165, 1.54) is 5.56 Å². The molecule has 1 aromatic carbocycles. The number of para-hydroxylation sites is 1. The fraction of sp³-hybridized carbons (Fsp3) is 0.304. The molecule has 1 saturated heterocycles. The van der Waals surface area contributed by atoms with E-state index in [0.717, 1.165) is 31.5 Å². The van der Waals surface area contributed by atoms with Crippen molar-refractivity contribution >= 4 is 17.5 Å². The van der Waals surface area contributed by atoms with E-state index in [4.69, 9.17) is 0 Å². The van der Waals surface area contributed by atoms with Crippen LogP contribution in [-0.4, -0.2) is 51.5 Å². The van der Waals surface area contributed by atoms with Crippen LogP contribution in [-0.2, 0) is 11.2 Å². The number of benzene rings is 1. The molecule has 0 unspecified atom stereocenters. The lowest BCUT2D eigenvalue weighted by Gasteiger charge is -2.33. The van der Waals surface area contributed by atoms with Crippen molar-refractivity contribution in [2.24, 2.45) is 5.92 Å². The lowest BCUT2D eigenvalue weighted by atomic mass is 9.96. The number of carbonyl (C=O) groups is 2. The van der Waals surface area contributed by atoms with Gasteiger partial charge >= 0.3 is 0 Å². The van der Waals surface area contributed by atoms with Crippen LogP contribution in [0.25, 0.3) is 11.4 Å². The third-order valence-electron chi connectivity index (χ3n) is 5.95. The molecule has 2 aliphatic heterocycles. The van der Waals surface area contributed by atoms with E-state index < -0.39 is 0 Å². The first-order valence-corrected chi connectivity index (χ1v) is 10.4. The van der Waals surface area contributed by atoms with E-state index in [1.54, 1.807) is 17.2 Å². The van der Waals surface area contributed by atoms with Gasteiger partial charge in [0, 0.05) is 31.5 Å². The van der Waals surface area contributed by atoms with Crippen molar-refractivity contribution in [2.45, 2.75) is 19.3 Å². The molecular formula is C23H23N5O2. The van der Waals surface area contributed by atoms with Gasteiger partial charge in [0.05, 0.1) is 11.6 Å². The van der Waals surface area contributed by atoms with Crippen LogP contribution in [0.3, 0.4) is 0 Å². The van der Waals surface area contributed by atoms with Crippen molar-refractivity contribution in [3.63, 3.8) is 0 Å². The van der Waals surface area contributed by atoms with E-state index in [0.29, 0.717) is 30.2 Å². The first-order valence-electron chi connectivity index (χ1n) is 10.4. The Hall–Kier alpha value is -3.48. The lowest BCUT2D eigenvalue weighted by molar-refractivity contribution is -0.123. The quantitative estimate of drug-likeness (QED) is 0.732. The maximum Gasteiger partial charge on any atom is 0.271 e. The van der Waals surface area contributed by atoms with Crippen molar-refractivity contribution in [3.05, 3.63) is 66.0 Å². The number of fused-ring (bicyclic) bond motifs is 1. The number of hydrogen-bond donors (Lipinski definition) is 1. The summed E-state index contributed by atoms with van der Waals surface area (Å²) in [6.45, 7) is 1.81. The number of aromatic amines is 1. The Morgan fingerprint density at radius 3 is 2.77 bits per heavy atom. The highest BCUT2D eigenvalue weighted by atomic mass is 16.2. The summed E-state index contributed by atoms with van der Waals surface area (Å²) in [5.41, 5.74) is 4.01. The third kappa shape index (κ3) is 3.36. The molecule has 4 heterocycles. The predicted octanol–water partition coefficient (Wildman–Crippen LogP) is 2.91. The number of carbonyl (C=O) groups excluding carboxylic acids is 2. The Labute approximate surface area is 174 Å². The first kappa shape index (κ1) is 18.5. The molecule has 7 nitrogen and oxygen atoms in total. The molecule has 0 bridgehead atoms. The molecule has 1 fully saturated rings. The number of anilines is 1. The van der Waals surface area contributed by atoms with E-state index in [2.05, 4.69) is 21.2 Å². The van der Waals surface area contributed by atoms with E-state index in [-0.39, 0.29) is 17.7 Å². The largest absolute Gasteiger partial charge is 0.337 e. The van der Waals surface area contributed by atoms with Crippen molar-refractivity contribution in [3.8, 4) is 11.4 Å². The second-order valence-corrected chi connectivity index (χ2v) is 7.84. The van der Waals surface area contributed by atoms with Gasteiger partial charge in [0.2, 0.25) is 5.91 Å². The minimum Gasteiger partial charge on any atom is -0.337 e. The van der Waals surface area contributed by atoms with E-state index in [9.17, 15) is 9.59 Å². The smallest absolute Gasteiger partial charge is 0.271 e. The SMILES string of the molecule is O=C(c1cc(-c2ccccn2)n[nH]1)N1CCC[C@@H](C(=O)N2CCc3ccccc32)C1. The number of nitrogens with one attached hydrogen (secondary N) is 1. The molecule has 1 N–H and O–H groups in total. The Morgan fingerprint density at radius 1 is 1.03 bits per heavy atom. The number of H-pyrrole nitrogens is 1. The topological polar surface area (TPSA) is 82.2 Å².